The maximum Gasteiger partial charge on any atom is 0.116 e. The number of aromatic nitrogens is 3. The van der Waals surface area contributed by atoms with E-state index in [4.69, 9.17) is 0 Å². The maximum absolute atomic E-state index is 9.75. The van der Waals surface area contributed by atoms with Crippen LogP contribution in [-0.4, -0.2) is 32.5 Å². The highest BCUT2D eigenvalue weighted by Gasteiger charge is 2.22. The Morgan fingerprint density at radius 3 is 3.17 bits per heavy atom. The smallest absolute Gasteiger partial charge is 0.116 e. The average Bonchev–Trinajstić information content (AvgIpc) is 3.11. The van der Waals surface area contributed by atoms with Gasteiger partial charge in [0.1, 0.15) is 5.75 Å². The molecular weight excluding hydrogens is 288 g/mol. The molecule has 1 aliphatic carbocycles. The summed E-state index contributed by atoms with van der Waals surface area (Å²) < 4.78 is 1.85. The van der Waals surface area contributed by atoms with Crippen molar-refractivity contribution in [1.29, 1.82) is 0 Å². The minimum atomic E-state index is 0.339. The molecule has 5 nitrogen and oxygen atoms in total. The molecule has 3 aromatic rings. The molecule has 2 aromatic heterocycles. The number of aryl methyl sites for hydroxylation is 2. The SMILES string of the molecule is Cn1cc(CCNC2CCc3[nH]c4ccc(O)cc4c3C2)cn1. The van der Waals surface area contributed by atoms with Crippen molar-refractivity contribution >= 4 is 10.9 Å². The van der Waals surface area contributed by atoms with Crippen molar-refractivity contribution in [3.05, 3.63) is 47.4 Å². The molecule has 23 heavy (non-hydrogen) atoms. The molecule has 0 bridgehead atoms. The molecule has 0 amide bonds. The van der Waals surface area contributed by atoms with E-state index in [-0.39, 0.29) is 0 Å². The first kappa shape index (κ1) is 14.3. The van der Waals surface area contributed by atoms with E-state index in [1.54, 1.807) is 6.07 Å². The summed E-state index contributed by atoms with van der Waals surface area (Å²) in [5.74, 6) is 0.339. The van der Waals surface area contributed by atoms with Gasteiger partial charge in [0.15, 0.2) is 0 Å². The topological polar surface area (TPSA) is 65.9 Å². The minimum Gasteiger partial charge on any atom is -0.508 e. The highest BCUT2D eigenvalue weighted by molar-refractivity contribution is 5.86. The van der Waals surface area contributed by atoms with Crippen LogP contribution in [0.5, 0.6) is 5.75 Å². The second-order valence-corrected chi connectivity index (χ2v) is 6.48. The number of aromatic hydroxyl groups is 1. The van der Waals surface area contributed by atoms with E-state index in [0.29, 0.717) is 11.8 Å². The summed E-state index contributed by atoms with van der Waals surface area (Å²) >= 11 is 0. The normalized spacial score (nSPS) is 17.5. The number of phenols is 1. The van der Waals surface area contributed by atoms with Crippen LogP contribution >= 0.6 is 0 Å². The number of nitrogens with zero attached hydrogens (tertiary/aromatic N) is 2. The molecule has 0 saturated heterocycles. The monoisotopic (exact) mass is 310 g/mol. The van der Waals surface area contributed by atoms with Crippen molar-refractivity contribution in [2.75, 3.05) is 6.54 Å². The molecule has 1 atom stereocenters. The van der Waals surface area contributed by atoms with Crippen molar-refractivity contribution in [2.24, 2.45) is 7.05 Å². The fourth-order valence-electron chi connectivity index (χ4n) is 3.60. The number of rotatable bonds is 4. The Morgan fingerprint density at radius 1 is 1.43 bits per heavy atom. The van der Waals surface area contributed by atoms with Crippen LogP contribution in [0.2, 0.25) is 0 Å². The summed E-state index contributed by atoms with van der Waals surface area (Å²) in [6.07, 6.45) is 8.25. The number of phenolic OH excluding ortho intramolecular Hbond substituents is 1. The largest absolute Gasteiger partial charge is 0.508 e. The molecule has 3 N–H and O–H groups in total. The second kappa shape index (κ2) is 5.74. The summed E-state index contributed by atoms with van der Waals surface area (Å²) in [5.41, 5.74) is 5.09. The van der Waals surface area contributed by atoms with Gasteiger partial charge >= 0.3 is 0 Å². The molecule has 4 rings (SSSR count). The lowest BCUT2D eigenvalue weighted by atomic mass is 9.91. The lowest BCUT2D eigenvalue weighted by molar-refractivity contribution is 0.460. The molecule has 0 fully saturated rings. The number of fused-ring (bicyclic) bond motifs is 3. The fourth-order valence-corrected chi connectivity index (χ4v) is 3.60. The number of hydrogen-bond donors (Lipinski definition) is 3. The number of nitrogens with one attached hydrogen (secondary N) is 2. The highest BCUT2D eigenvalue weighted by atomic mass is 16.3. The lowest BCUT2D eigenvalue weighted by Crippen LogP contribution is -2.35. The number of H-pyrrole nitrogens is 1. The van der Waals surface area contributed by atoms with Gasteiger partial charge < -0.3 is 15.4 Å². The third-order valence-corrected chi connectivity index (χ3v) is 4.78. The van der Waals surface area contributed by atoms with Gasteiger partial charge in [-0.1, -0.05) is 0 Å². The summed E-state index contributed by atoms with van der Waals surface area (Å²) in [4.78, 5) is 3.50. The van der Waals surface area contributed by atoms with Gasteiger partial charge in [-0.2, -0.15) is 5.10 Å². The van der Waals surface area contributed by atoms with Crippen LogP contribution in [0.1, 0.15) is 23.2 Å². The van der Waals surface area contributed by atoms with Gasteiger partial charge in [-0.3, -0.25) is 4.68 Å². The Morgan fingerprint density at radius 2 is 2.35 bits per heavy atom. The first-order valence-corrected chi connectivity index (χ1v) is 8.22. The van der Waals surface area contributed by atoms with Gasteiger partial charge in [0.25, 0.3) is 0 Å². The third kappa shape index (κ3) is 2.84. The Labute approximate surface area is 135 Å². The van der Waals surface area contributed by atoms with E-state index in [9.17, 15) is 5.11 Å². The number of aromatic amines is 1. The highest BCUT2D eigenvalue weighted by Crippen LogP contribution is 2.31. The van der Waals surface area contributed by atoms with Crippen molar-refractivity contribution < 1.29 is 5.11 Å². The second-order valence-electron chi connectivity index (χ2n) is 6.48. The van der Waals surface area contributed by atoms with E-state index in [1.165, 1.54) is 22.2 Å². The standard InChI is InChI=1S/C18H22N4O/c1-22-11-12(10-20-22)6-7-19-13-2-4-17-15(8-13)16-9-14(23)3-5-18(16)21-17/h3,5,9-11,13,19,21,23H,2,4,6-8H2,1H3. The van der Waals surface area contributed by atoms with Crippen LogP contribution < -0.4 is 5.32 Å². The quantitative estimate of drug-likeness (QED) is 0.693. The zero-order valence-electron chi connectivity index (χ0n) is 13.3. The molecule has 0 aliphatic heterocycles. The summed E-state index contributed by atoms with van der Waals surface area (Å²) in [5, 5.41) is 18.8. The lowest BCUT2D eigenvalue weighted by Gasteiger charge is -2.23. The molecule has 5 heteroatoms. The van der Waals surface area contributed by atoms with E-state index in [1.807, 2.05) is 30.1 Å². The molecular formula is C18H22N4O. The van der Waals surface area contributed by atoms with Crippen LogP contribution in [0.4, 0.5) is 0 Å². The Balaban J connectivity index is 1.43. The van der Waals surface area contributed by atoms with Crippen LogP contribution in [0, 0.1) is 0 Å². The molecule has 1 unspecified atom stereocenters. The minimum absolute atomic E-state index is 0.339. The van der Waals surface area contributed by atoms with Crippen LogP contribution in [0.15, 0.2) is 30.6 Å². The molecule has 1 aliphatic rings. The molecule has 0 saturated carbocycles. The van der Waals surface area contributed by atoms with Gasteiger partial charge in [0.2, 0.25) is 0 Å². The van der Waals surface area contributed by atoms with E-state index < -0.39 is 0 Å². The summed E-state index contributed by atoms with van der Waals surface area (Å²) in [6.45, 7) is 0.972. The predicted octanol–water partition coefficient (Wildman–Crippen LogP) is 2.30. The zero-order chi connectivity index (χ0) is 15.8. The van der Waals surface area contributed by atoms with Crippen molar-refractivity contribution in [3.8, 4) is 5.75 Å². The van der Waals surface area contributed by atoms with Gasteiger partial charge in [0, 0.05) is 35.9 Å². The third-order valence-electron chi connectivity index (χ3n) is 4.78. The fraction of sp³-hybridized carbons (Fsp3) is 0.389. The first-order valence-electron chi connectivity index (χ1n) is 8.22. The Kier molecular flexibility index (Phi) is 3.58. The zero-order valence-corrected chi connectivity index (χ0v) is 13.3. The summed E-state index contributed by atoms with van der Waals surface area (Å²) in [7, 11) is 1.95. The molecule has 120 valence electrons. The number of benzene rings is 1. The molecule has 0 spiro atoms. The Hall–Kier alpha value is -2.27. The van der Waals surface area contributed by atoms with E-state index in [0.717, 1.165) is 37.7 Å². The van der Waals surface area contributed by atoms with Crippen molar-refractivity contribution in [1.82, 2.24) is 20.1 Å². The summed E-state index contributed by atoms with van der Waals surface area (Å²) in [6, 6.07) is 6.09. The van der Waals surface area contributed by atoms with E-state index >= 15 is 0 Å². The van der Waals surface area contributed by atoms with Crippen LogP contribution in [0.25, 0.3) is 10.9 Å². The maximum atomic E-state index is 9.75. The van der Waals surface area contributed by atoms with Crippen LogP contribution in [-0.2, 0) is 26.3 Å². The number of hydrogen-bond acceptors (Lipinski definition) is 3. The van der Waals surface area contributed by atoms with Gasteiger partial charge in [-0.15, -0.1) is 0 Å². The predicted molar refractivity (Wildman–Crippen MR) is 90.7 cm³/mol. The van der Waals surface area contributed by atoms with Gasteiger partial charge in [-0.05, 0) is 61.6 Å². The Bertz CT molecular complexity index is 833. The van der Waals surface area contributed by atoms with Crippen molar-refractivity contribution in [2.45, 2.75) is 31.7 Å². The molecule has 2 heterocycles. The van der Waals surface area contributed by atoms with Crippen LogP contribution in [0.3, 0.4) is 0 Å². The van der Waals surface area contributed by atoms with Gasteiger partial charge in [0.05, 0.1) is 6.20 Å². The average molecular weight is 310 g/mol. The van der Waals surface area contributed by atoms with Crippen molar-refractivity contribution in [3.63, 3.8) is 0 Å². The first-order chi connectivity index (χ1) is 11.2. The van der Waals surface area contributed by atoms with E-state index in [2.05, 4.69) is 21.6 Å². The van der Waals surface area contributed by atoms with Gasteiger partial charge in [-0.25, -0.2) is 0 Å². The molecule has 0 radical (unpaired) electrons. The molecule has 1 aromatic carbocycles.